The van der Waals surface area contributed by atoms with Crippen LogP contribution in [-0.4, -0.2) is 22.0 Å². The van der Waals surface area contributed by atoms with Gasteiger partial charge in [-0.15, -0.1) is 0 Å². The first-order valence-corrected chi connectivity index (χ1v) is 5.33. The molecule has 0 radical (unpaired) electrons. The third-order valence-corrected chi connectivity index (χ3v) is 3.05. The van der Waals surface area contributed by atoms with Crippen molar-refractivity contribution in [1.82, 2.24) is 15.2 Å². The maximum atomic E-state index is 11.7. The van der Waals surface area contributed by atoms with Gasteiger partial charge in [-0.25, -0.2) is 5.10 Å². The summed E-state index contributed by atoms with van der Waals surface area (Å²) in [5.74, 6) is 1.56. The summed E-state index contributed by atoms with van der Waals surface area (Å²) in [6.45, 7) is 0.203. The molecule has 1 aliphatic rings. The fourth-order valence-corrected chi connectivity index (χ4v) is 2.24. The summed E-state index contributed by atoms with van der Waals surface area (Å²) in [5.41, 5.74) is 6.67. The van der Waals surface area contributed by atoms with Crippen LogP contribution in [0.5, 0.6) is 11.5 Å². The van der Waals surface area contributed by atoms with Gasteiger partial charge in [0.1, 0.15) is 5.52 Å². The van der Waals surface area contributed by atoms with Crippen molar-refractivity contribution in [3.8, 4) is 11.5 Å². The van der Waals surface area contributed by atoms with Gasteiger partial charge in [0.25, 0.3) is 5.56 Å². The summed E-state index contributed by atoms with van der Waals surface area (Å²) in [4.78, 5) is 14.7. The van der Waals surface area contributed by atoms with Crippen LogP contribution in [0.15, 0.2) is 16.9 Å². The number of H-pyrrole nitrogens is 2. The number of nitrogens with zero attached hydrogens (tertiary/aromatic N) is 1. The van der Waals surface area contributed by atoms with E-state index in [4.69, 9.17) is 15.2 Å². The number of ether oxygens (including phenoxy) is 2. The van der Waals surface area contributed by atoms with E-state index in [1.807, 2.05) is 0 Å². The SMILES string of the molecule is Nc1n[nH]c(=O)c2[nH]c3cc4c(cc3c12)OCO4. The van der Waals surface area contributed by atoms with Gasteiger partial charge in [0.15, 0.2) is 17.3 Å². The average Bonchev–Trinajstić information content (AvgIpc) is 2.94. The highest BCUT2D eigenvalue weighted by atomic mass is 16.7. The van der Waals surface area contributed by atoms with Crippen molar-refractivity contribution in [1.29, 1.82) is 0 Å². The molecule has 7 heteroatoms. The lowest BCUT2D eigenvalue weighted by Gasteiger charge is -1.97. The van der Waals surface area contributed by atoms with Crippen LogP contribution in [0.1, 0.15) is 0 Å². The van der Waals surface area contributed by atoms with Crippen molar-refractivity contribution in [2.45, 2.75) is 0 Å². The van der Waals surface area contributed by atoms with E-state index < -0.39 is 0 Å². The number of hydrogen-bond donors (Lipinski definition) is 3. The number of benzene rings is 1. The highest BCUT2D eigenvalue weighted by Gasteiger charge is 2.18. The first kappa shape index (κ1) is 9.34. The van der Waals surface area contributed by atoms with Crippen LogP contribution >= 0.6 is 0 Å². The molecule has 1 aliphatic heterocycles. The lowest BCUT2D eigenvalue weighted by Crippen LogP contribution is -2.10. The smallest absolute Gasteiger partial charge is 0.288 e. The molecule has 90 valence electrons. The molecule has 4 rings (SSSR count). The minimum atomic E-state index is -0.308. The lowest BCUT2D eigenvalue weighted by atomic mass is 10.2. The van der Waals surface area contributed by atoms with Gasteiger partial charge in [-0.2, -0.15) is 5.10 Å². The summed E-state index contributed by atoms with van der Waals surface area (Å²) in [6, 6.07) is 3.59. The second kappa shape index (κ2) is 2.95. The Bertz CT molecular complexity index is 849. The minimum Gasteiger partial charge on any atom is -0.454 e. The van der Waals surface area contributed by atoms with Crippen molar-refractivity contribution >= 4 is 27.6 Å². The highest BCUT2D eigenvalue weighted by Crippen LogP contribution is 2.38. The molecule has 0 spiro atoms. The number of nitrogen functional groups attached to an aromatic ring is 1. The number of rotatable bonds is 0. The Hall–Kier alpha value is -2.70. The Morgan fingerprint density at radius 1 is 1.28 bits per heavy atom. The Kier molecular flexibility index (Phi) is 1.53. The van der Waals surface area contributed by atoms with E-state index in [0.717, 1.165) is 10.9 Å². The topological polar surface area (TPSA) is 106 Å². The number of aromatic nitrogens is 3. The molecular formula is C11H8N4O3. The molecule has 0 saturated carbocycles. The van der Waals surface area contributed by atoms with Gasteiger partial charge in [-0.3, -0.25) is 4.79 Å². The van der Waals surface area contributed by atoms with Crippen LogP contribution < -0.4 is 20.8 Å². The Labute approximate surface area is 99.5 Å². The molecule has 0 atom stereocenters. The average molecular weight is 244 g/mol. The first-order chi connectivity index (χ1) is 8.74. The van der Waals surface area contributed by atoms with E-state index in [2.05, 4.69) is 15.2 Å². The van der Waals surface area contributed by atoms with Crippen LogP contribution in [0, 0.1) is 0 Å². The van der Waals surface area contributed by atoms with Crippen molar-refractivity contribution in [2.24, 2.45) is 0 Å². The van der Waals surface area contributed by atoms with E-state index in [-0.39, 0.29) is 18.2 Å². The number of nitrogens with two attached hydrogens (primary N) is 1. The predicted octanol–water partition coefficient (Wildman–Crippen LogP) is 0.715. The van der Waals surface area contributed by atoms with E-state index in [9.17, 15) is 4.79 Å². The minimum absolute atomic E-state index is 0.203. The van der Waals surface area contributed by atoms with E-state index in [1.165, 1.54) is 0 Å². The van der Waals surface area contributed by atoms with Gasteiger partial charge in [-0.1, -0.05) is 0 Å². The maximum Gasteiger partial charge on any atom is 0.288 e. The molecule has 1 aromatic carbocycles. The zero-order chi connectivity index (χ0) is 12.3. The molecule has 0 saturated heterocycles. The molecule has 0 unspecified atom stereocenters. The number of fused-ring (bicyclic) bond motifs is 4. The molecule has 2 aromatic heterocycles. The molecule has 0 bridgehead atoms. The molecular weight excluding hydrogens is 236 g/mol. The molecule has 0 aliphatic carbocycles. The van der Waals surface area contributed by atoms with Crippen molar-refractivity contribution in [3.63, 3.8) is 0 Å². The third kappa shape index (κ3) is 1.03. The van der Waals surface area contributed by atoms with Crippen molar-refractivity contribution in [3.05, 3.63) is 22.5 Å². The van der Waals surface area contributed by atoms with Gasteiger partial charge < -0.3 is 20.2 Å². The van der Waals surface area contributed by atoms with Gasteiger partial charge in [-0.05, 0) is 6.07 Å². The maximum absolute atomic E-state index is 11.7. The lowest BCUT2D eigenvalue weighted by molar-refractivity contribution is 0.174. The fraction of sp³-hybridized carbons (Fsp3) is 0.0909. The quantitative estimate of drug-likeness (QED) is 0.540. The second-order valence-corrected chi connectivity index (χ2v) is 4.06. The number of anilines is 1. The zero-order valence-electron chi connectivity index (χ0n) is 9.11. The highest BCUT2D eigenvalue weighted by molar-refractivity contribution is 6.12. The first-order valence-electron chi connectivity index (χ1n) is 5.33. The molecule has 0 amide bonds. The predicted molar refractivity (Wildman–Crippen MR) is 64.8 cm³/mol. The molecule has 3 aromatic rings. The molecule has 4 N–H and O–H groups in total. The Morgan fingerprint density at radius 3 is 2.89 bits per heavy atom. The number of aromatic amines is 2. The summed E-state index contributed by atoms with van der Waals surface area (Å²) < 4.78 is 10.6. The Balaban J connectivity index is 2.25. The molecule has 3 heterocycles. The van der Waals surface area contributed by atoms with Gasteiger partial charge in [0.05, 0.1) is 10.9 Å². The molecule has 7 nitrogen and oxygen atoms in total. The number of hydrogen-bond acceptors (Lipinski definition) is 5. The van der Waals surface area contributed by atoms with Crippen LogP contribution in [-0.2, 0) is 0 Å². The molecule has 0 fully saturated rings. The number of nitrogens with one attached hydrogen (secondary N) is 2. The normalized spacial score (nSPS) is 13.6. The van der Waals surface area contributed by atoms with Crippen LogP contribution in [0.2, 0.25) is 0 Å². The van der Waals surface area contributed by atoms with Crippen LogP contribution in [0.4, 0.5) is 5.82 Å². The zero-order valence-corrected chi connectivity index (χ0v) is 9.11. The van der Waals surface area contributed by atoms with Crippen LogP contribution in [0.25, 0.3) is 21.8 Å². The fourth-order valence-electron chi connectivity index (χ4n) is 2.24. The summed E-state index contributed by atoms with van der Waals surface area (Å²) in [5, 5.41) is 7.51. The standard InChI is InChI=1S/C11H8N4O3/c12-10-8-4-1-6-7(18-3-17-6)2-5(4)13-9(8)11(16)15-14-10/h1-2,13H,3H2,(H2,12,14)(H,15,16). The van der Waals surface area contributed by atoms with Gasteiger partial charge >= 0.3 is 0 Å². The van der Waals surface area contributed by atoms with Crippen LogP contribution in [0.3, 0.4) is 0 Å². The summed E-state index contributed by atoms with van der Waals surface area (Å²) in [6.07, 6.45) is 0. The second-order valence-electron chi connectivity index (χ2n) is 4.06. The third-order valence-electron chi connectivity index (χ3n) is 3.05. The monoisotopic (exact) mass is 244 g/mol. The largest absolute Gasteiger partial charge is 0.454 e. The Morgan fingerprint density at radius 2 is 2.06 bits per heavy atom. The van der Waals surface area contributed by atoms with Crippen molar-refractivity contribution < 1.29 is 9.47 Å². The van der Waals surface area contributed by atoms with Gasteiger partial charge in [0.2, 0.25) is 6.79 Å². The van der Waals surface area contributed by atoms with E-state index >= 15 is 0 Å². The van der Waals surface area contributed by atoms with E-state index in [0.29, 0.717) is 22.4 Å². The van der Waals surface area contributed by atoms with Crippen molar-refractivity contribution in [2.75, 3.05) is 12.5 Å². The summed E-state index contributed by atoms with van der Waals surface area (Å²) in [7, 11) is 0. The molecule has 18 heavy (non-hydrogen) atoms. The summed E-state index contributed by atoms with van der Waals surface area (Å²) >= 11 is 0. The van der Waals surface area contributed by atoms with E-state index in [1.54, 1.807) is 12.1 Å². The van der Waals surface area contributed by atoms with Gasteiger partial charge in [0, 0.05) is 11.5 Å².